The van der Waals surface area contributed by atoms with E-state index < -0.39 is 6.04 Å². The molecule has 0 bridgehead atoms. The zero-order chi connectivity index (χ0) is 22.0. The summed E-state index contributed by atoms with van der Waals surface area (Å²) in [6.07, 6.45) is 2.47. The van der Waals surface area contributed by atoms with E-state index in [9.17, 15) is 9.59 Å². The fourth-order valence-corrected chi connectivity index (χ4v) is 4.65. The molecule has 0 saturated heterocycles. The number of pyridine rings is 1. The number of aryl methyl sites for hydroxylation is 2. The van der Waals surface area contributed by atoms with Gasteiger partial charge in [-0.3, -0.25) is 14.2 Å². The Morgan fingerprint density at radius 1 is 1.21 bits per heavy atom. The molecule has 1 aliphatic rings. The Morgan fingerprint density at radius 3 is 2.70 bits per heavy atom. The maximum absolute atomic E-state index is 13.2. The molecule has 2 aromatic heterocycles. The molecule has 8 nitrogen and oxygen atoms in total. The predicted octanol–water partition coefficient (Wildman–Crippen LogP) is 3.64. The first-order chi connectivity index (χ1) is 15.0. The lowest BCUT2D eigenvalue weighted by Crippen LogP contribution is -2.37. The summed E-state index contributed by atoms with van der Waals surface area (Å²) in [4.78, 5) is 34.6. The van der Waals surface area contributed by atoms with Crippen molar-refractivity contribution < 1.29 is 4.79 Å². The van der Waals surface area contributed by atoms with E-state index in [1.54, 1.807) is 12.3 Å². The van der Waals surface area contributed by atoms with Crippen LogP contribution >= 0.6 is 36.6 Å². The summed E-state index contributed by atoms with van der Waals surface area (Å²) in [6, 6.07) is 10.7. The number of carbonyl (C=O) groups is 1. The molecule has 33 heavy (non-hydrogen) atoms. The maximum atomic E-state index is 13.2. The molecule has 176 valence electrons. The highest BCUT2D eigenvalue weighted by atomic mass is 35.5. The maximum Gasteiger partial charge on any atom is 0.295 e. The molecule has 0 spiro atoms. The van der Waals surface area contributed by atoms with Crippen molar-refractivity contribution in [2.45, 2.75) is 37.9 Å². The molecule has 1 amide bonds. The van der Waals surface area contributed by atoms with Crippen molar-refractivity contribution >= 4 is 59.8 Å². The number of nitrogen functional groups attached to an aromatic ring is 1. The predicted molar refractivity (Wildman–Crippen MR) is 137 cm³/mol. The second kappa shape index (κ2) is 11.4. The molecule has 4 N–H and O–H groups in total. The van der Waals surface area contributed by atoms with Crippen LogP contribution < -0.4 is 21.9 Å². The van der Waals surface area contributed by atoms with E-state index in [-0.39, 0.29) is 42.1 Å². The van der Waals surface area contributed by atoms with E-state index >= 15 is 0 Å². The van der Waals surface area contributed by atoms with E-state index in [0.29, 0.717) is 23.1 Å². The van der Waals surface area contributed by atoms with Crippen LogP contribution in [0.2, 0.25) is 0 Å². The second-order valence-corrected chi connectivity index (χ2v) is 8.32. The molecule has 1 aromatic carbocycles. The van der Waals surface area contributed by atoms with Crippen LogP contribution in [-0.4, -0.2) is 26.2 Å². The lowest BCUT2D eigenvalue weighted by Gasteiger charge is -2.16. The number of benzene rings is 1. The molecule has 3 heterocycles. The van der Waals surface area contributed by atoms with Gasteiger partial charge in [0, 0.05) is 23.7 Å². The van der Waals surface area contributed by atoms with Gasteiger partial charge in [0.2, 0.25) is 5.91 Å². The number of rotatable bonds is 6. The summed E-state index contributed by atoms with van der Waals surface area (Å²) < 4.78 is 1.53. The minimum atomic E-state index is -0.598. The third kappa shape index (κ3) is 5.61. The Kier molecular flexibility index (Phi) is 9.16. The number of hydrogen-bond donors (Lipinski definition) is 3. The quantitative estimate of drug-likeness (QED) is 0.465. The lowest BCUT2D eigenvalue weighted by molar-refractivity contribution is -0.124. The number of hydrogen-bond acceptors (Lipinski definition) is 7. The summed E-state index contributed by atoms with van der Waals surface area (Å²) in [7, 11) is 0. The van der Waals surface area contributed by atoms with Gasteiger partial charge in [0.15, 0.2) is 5.82 Å². The molecule has 0 radical (unpaired) electrons. The molecule has 1 atom stereocenters. The first-order valence-electron chi connectivity index (χ1n) is 10.1. The Bertz CT molecular complexity index is 1200. The smallest absolute Gasteiger partial charge is 0.295 e. The van der Waals surface area contributed by atoms with Crippen LogP contribution in [0.3, 0.4) is 0 Å². The minimum Gasteiger partial charge on any atom is -0.384 e. The number of nitrogens with one attached hydrogen (secondary N) is 2. The number of nitrogens with zero attached hydrogens (tertiary/aromatic N) is 3. The number of halogens is 2. The van der Waals surface area contributed by atoms with Crippen LogP contribution in [-0.2, 0) is 17.8 Å². The molecule has 4 rings (SSSR count). The number of amides is 1. The standard InChI is InChI=1S/C22H24N6O2S.2ClH/c1-3-14-6-4-5-7-16(14)27-20-22(30)28-17(12-31-19(28)11-24-20)21(29)25-10-15-8-9-18(23)26-13(15)2;;/h4-9,11,17H,3,10,12H2,1-2H3,(H2,23,26)(H,24,27)(H,25,29);2*1H/t17-;;/m1../s1. The van der Waals surface area contributed by atoms with Crippen molar-refractivity contribution in [2.75, 3.05) is 16.8 Å². The van der Waals surface area contributed by atoms with Gasteiger partial charge in [-0.05, 0) is 36.6 Å². The van der Waals surface area contributed by atoms with Gasteiger partial charge in [-0.2, -0.15) is 0 Å². The summed E-state index contributed by atoms with van der Waals surface area (Å²) in [6.45, 7) is 4.23. The molecule has 0 unspecified atom stereocenters. The molecule has 11 heteroatoms. The summed E-state index contributed by atoms with van der Waals surface area (Å²) >= 11 is 1.45. The van der Waals surface area contributed by atoms with Crippen molar-refractivity contribution in [3.05, 3.63) is 69.8 Å². The number of thioether (sulfide) groups is 1. The van der Waals surface area contributed by atoms with E-state index in [1.807, 2.05) is 37.3 Å². The van der Waals surface area contributed by atoms with Gasteiger partial charge >= 0.3 is 0 Å². The van der Waals surface area contributed by atoms with Crippen LogP contribution in [0.25, 0.3) is 0 Å². The largest absolute Gasteiger partial charge is 0.384 e. The zero-order valence-corrected chi connectivity index (χ0v) is 20.6. The van der Waals surface area contributed by atoms with Gasteiger partial charge in [0.25, 0.3) is 5.56 Å². The van der Waals surface area contributed by atoms with Crippen LogP contribution in [0.4, 0.5) is 17.3 Å². The first kappa shape index (κ1) is 26.5. The number of para-hydroxylation sites is 1. The minimum absolute atomic E-state index is 0. The monoisotopic (exact) mass is 508 g/mol. The molecule has 0 aliphatic carbocycles. The molecule has 0 saturated carbocycles. The van der Waals surface area contributed by atoms with Crippen molar-refractivity contribution in [1.29, 1.82) is 0 Å². The van der Waals surface area contributed by atoms with Crippen LogP contribution in [0.15, 0.2) is 52.4 Å². The van der Waals surface area contributed by atoms with Crippen molar-refractivity contribution in [3.8, 4) is 0 Å². The third-order valence-corrected chi connectivity index (χ3v) is 6.37. The highest BCUT2D eigenvalue weighted by Crippen LogP contribution is 2.32. The number of aromatic nitrogens is 3. The van der Waals surface area contributed by atoms with Crippen molar-refractivity contribution in [2.24, 2.45) is 0 Å². The Morgan fingerprint density at radius 2 is 1.97 bits per heavy atom. The Balaban J connectivity index is 0.00000193. The van der Waals surface area contributed by atoms with Gasteiger partial charge in [-0.1, -0.05) is 31.2 Å². The van der Waals surface area contributed by atoms with E-state index in [1.165, 1.54) is 16.3 Å². The highest BCUT2D eigenvalue weighted by molar-refractivity contribution is 7.99. The molecule has 3 aromatic rings. The Labute approximate surface area is 208 Å². The topological polar surface area (TPSA) is 115 Å². The van der Waals surface area contributed by atoms with Gasteiger partial charge in [0.05, 0.1) is 11.2 Å². The van der Waals surface area contributed by atoms with Crippen molar-refractivity contribution in [3.63, 3.8) is 0 Å². The second-order valence-electron chi connectivity index (χ2n) is 7.28. The number of anilines is 3. The van der Waals surface area contributed by atoms with Crippen molar-refractivity contribution in [1.82, 2.24) is 19.9 Å². The number of nitrogens with two attached hydrogens (primary N) is 1. The SMILES string of the molecule is CCc1ccccc1Nc1ncc2n(c1=O)[C@@H](C(=O)NCc1ccc(N)nc1C)CS2.Cl.Cl. The molecular weight excluding hydrogens is 483 g/mol. The molecule has 0 fully saturated rings. The van der Waals surface area contributed by atoms with Crippen LogP contribution in [0, 0.1) is 6.92 Å². The molecule has 1 aliphatic heterocycles. The third-order valence-electron chi connectivity index (χ3n) is 5.29. The fourth-order valence-electron chi connectivity index (χ4n) is 3.55. The normalized spacial score (nSPS) is 13.9. The average Bonchev–Trinajstić information content (AvgIpc) is 3.20. The zero-order valence-electron chi connectivity index (χ0n) is 18.2. The molecular formula is C22H26Cl2N6O2S. The summed E-state index contributed by atoms with van der Waals surface area (Å²) in [5.41, 5.74) is 8.96. The summed E-state index contributed by atoms with van der Waals surface area (Å²) in [5, 5.41) is 6.75. The first-order valence-corrected chi connectivity index (χ1v) is 11.1. The average molecular weight is 509 g/mol. The van der Waals surface area contributed by atoms with Crippen LogP contribution in [0.5, 0.6) is 0 Å². The lowest BCUT2D eigenvalue weighted by atomic mass is 10.1. The van der Waals surface area contributed by atoms with E-state index in [2.05, 4.69) is 27.5 Å². The fraction of sp³-hybridized carbons (Fsp3) is 0.273. The highest BCUT2D eigenvalue weighted by Gasteiger charge is 2.31. The van der Waals surface area contributed by atoms with E-state index in [0.717, 1.165) is 28.9 Å². The summed E-state index contributed by atoms with van der Waals surface area (Å²) in [5.74, 6) is 0.924. The van der Waals surface area contributed by atoms with Gasteiger partial charge in [-0.15, -0.1) is 36.6 Å². The number of carbonyl (C=O) groups excluding carboxylic acids is 1. The van der Waals surface area contributed by atoms with Gasteiger partial charge in [0.1, 0.15) is 11.9 Å². The van der Waals surface area contributed by atoms with Gasteiger partial charge in [-0.25, -0.2) is 9.97 Å². The van der Waals surface area contributed by atoms with E-state index in [4.69, 9.17) is 5.73 Å². The van der Waals surface area contributed by atoms with Gasteiger partial charge < -0.3 is 16.4 Å². The Hall–Kier alpha value is -2.75. The van der Waals surface area contributed by atoms with Crippen LogP contribution in [0.1, 0.15) is 29.8 Å². The number of fused-ring (bicyclic) bond motifs is 1.